The van der Waals surface area contributed by atoms with Gasteiger partial charge in [-0.25, -0.2) is 9.78 Å². The Labute approximate surface area is 177 Å². The number of carbonyl (C=O) groups is 2. The summed E-state index contributed by atoms with van der Waals surface area (Å²) in [5.74, 6) is 0.273. The molecule has 0 saturated carbocycles. The van der Waals surface area contributed by atoms with Crippen LogP contribution in [0.25, 0.3) is 0 Å². The number of hydrogen-bond donors (Lipinski definition) is 2. The van der Waals surface area contributed by atoms with Gasteiger partial charge in [-0.1, -0.05) is 34.5 Å². The highest BCUT2D eigenvalue weighted by atomic mass is 35.5. The molecule has 1 aliphatic heterocycles. The number of carbonyl (C=O) groups excluding carboxylic acids is 2. The van der Waals surface area contributed by atoms with E-state index in [0.29, 0.717) is 40.4 Å². The van der Waals surface area contributed by atoms with Gasteiger partial charge in [0.25, 0.3) is 5.91 Å². The van der Waals surface area contributed by atoms with Gasteiger partial charge in [0.15, 0.2) is 11.7 Å². The molecule has 2 heterocycles. The summed E-state index contributed by atoms with van der Waals surface area (Å²) in [7, 11) is 0. The molecule has 150 valence electrons. The fraction of sp³-hybridized carbons (Fsp3) is 0.389. The average Bonchev–Trinajstić information content (AvgIpc) is 3.01. The van der Waals surface area contributed by atoms with Gasteiger partial charge >= 0.3 is 6.03 Å². The highest BCUT2D eigenvalue weighted by Gasteiger charge is 2.25. The van der Waals surface area contributed by atoms with Gasteiger partial charge in [-0.3, -0.25) is 10.1 Å². The fourth-order valence-electron chi connectivity index (χ4n) is 2.68. The molecule has 3 rings (SSSR count). The lowest BCUT2D eigenvalue weighted by Gasteiger charge is -2.26. The zero-order chi connectivity index (χ0) is 20.3. The van der Waals surface area contributed by atoms with Gasteiger partial charge in [0, 0.05) is 28.9 Å². The molecular formula is C18H20Cl2N4O3S. The number of thiazole rings is 1. The van der Waals surface area contributed by atoms with Crippen LogP contribution >= 0.6 is 34.5 Å². The Bertz CT molecular complexity index is 888. The van der Waals surface area contributed by atoms with Crippen LogP contribution in [0.15, 0.2) is 18.2 Å². The van der Waals surface area contributed by atoms with Crippen molar-refractivity contribution in [1.29, 1.82) is 0 Å². The first-order chi connectivity index (χ1) is 13.3. The van der Waals surface area contributed by atoms with Crippen LogP contribution < -0.4 is 15.4 Å². The monoisotopic (exact) mass is 442 g/mol. The van der Waals surface area contributed by atoms with Gasteiger partial charge in [0.05, 0.1) is 17.3 Å². The van der Waals surface area contributed by atoms with Crippen LogP contribution in [0.1, 0.15) is 24.4 Å². The molecule has 2 N–H and O–H groups in total. The molecule has 3 amide bonds. The van der Waals surface area contributed by atoms with E-state index in [0.717, 1.165) is 10.6 Å². The second kappa shape index (κ2) is 8.98. The Morgan fingerprint density at radius 1 is 1.36 bits per heavy atom. The summed E-state index contributed by atoms with van der Waals surface area (Å²) in [6, 6.07) is 4.61. The summed E-state index contributed by atoms with van der Waals surface area (Å²) in [6.07, 6.45) is 0.632. The minimum atomic E-state index is -0.290. The molecule has 1 aromatic heterocycles. The molecule has 0 atom stereocenters. The molecule has 1 aliphatic rings. The SMILES string of the molecule is CC(C)NC(=O)Nc1nc2c(s1)CN(C(=O)COc1ccc(Cl)cc1Cl)CC2. The predicted octanol–water partition coefficient (Wildman–Crippen LogP) is 3.94. The molecule has 0 fully saturated rings. The van der Waals surface area contributed by atoms with Gasteiger partial charge < -0.3 is 15.0 Å². The van der Waals surface area contributed by atoms with E-state index in [-0.39, 0.29) is 24.6 Å². The fourth-order valence-corrected chi connectivity index (χ4v) is 4.16. The first kappa shape index (κ1) is 20.7. The summed E-state index contributed by atoms with van der Waals surface area (Å²) in [6.45, 7) is 4.64. The van der Waals surface area contributed by atoms with Crippen LogP contribution in [0.2, 0.25) is 10.0 Å². The average molecular weight is 443 g/mol. The van der Waals surface area contributed by atoms with Crippen molar-refractivity contribution in [3.8, 4) is 5.75 Å². The smallest absolute Gasteiger partial charge is 0.321 e. The lowest BCUT2D eigenvalue weighted by atomic mass is 10.2. The number of rotatable bonds is 5. The topological polar surface area (TPSA) is 83.6 Å². The molecule has 0 radical (unpaired) electrons. The van der Waals surface area contributed by atoms with E-state index in [9.17, 15) is 9.59 Å². The van der Waals surface area contributed by atoms with E-state index in [1.54, 1.807) is 23.1 Å². The standard InChI is InChI=1S/C18H20Cl2N4O3S/c1-10(2)21-17(26)23-18-22-13-5-6-24(8-15(13)28-18)16(25)9-27-14-4-3-11(19)7-12(14)20/h3-4,7,10H,5-6,8-9H2,1-2H3,(H2,21,22,23,26). The quantitative estimate of drug-likeness (QED) is 0.733. The van der Waals surface area contributed by atoms with Crippen LogP contribution in [0.5, 0.6) is 5.75 Å². The van der Waals surface area contributed by atoms with Gasteiger partial charge in [-0.2, -0.15) is 0 Å². The number of hydrogen-bond acceptors (Lipinski definition) is 5. The number of benzene rings is 1. The molecule has 28 heavy (non-hydrogen) atoms. The molecule has 0 bridgehead atoms. The van der Waals surface area contributed by atoms with Crippen molar-refractivity contribution in [2.24, 2.45) is 0 Å². The molecule has 2 aromatic rings. The predicted molar refractivity (Wildman–Crippen MR) is 110 cm³/mol. The highest BCUT2D eigenvalue weighted by molar-refractivity contribution is 7.15. The first-order valence-corrected chi connectivity index (χ1v) is 10.3. The molecule has 7 nitrogen and oxygen atoms in total. The number of aromatic nitrogens is 1. The summed E-state index contributed by atoms with van der Waals surface area (Å²) in [5.41, 5.74) is 0.913. The molecule has 0 unspecified atom stereocenters. The van der Waals surface area contributed by atoms with Gasteiger partial charge in [0.1, 0.15) is 5.75 Å². The zero-order valence-electron chi connectivity index (χ0n) is 15.4. The summed E-state index contributed by atoms with van der Waals surface area (Å²) >= 11 is 13.3. The van der Waals surface area contributed by atoms with Crippen molar-refractivity contribution in [1.82, 2.24) is 15.2 Å². The van der Waals surface area contributed by atoms with E-state index < -0.39 is 0 Å². The van der Waals surface area contributed by atoms with Gasteiger partial charge in [-0.05, 0) is 32.0 Å². The second-order valence-corrected chi connectivity index (χ2v) is 8.50. The highest BCUT2D eigenvalue weighted by Crippen LogP contribution is 2.29. The van der Waals surface area contributed by atoms with Crippen LogP contribution in [0.3, 0.4) is 0 Å². The minimum Gasteiger partial charge on any atom is -0.482 e. The van der Waals surface area contributed by atoms with Crippen molar-refractivity contribution in [2.75, 3.05) is 18.5 Å². The molecule has 10 heteroatoms. The second-order valence-electron chi connectivity index (χ2n) is 6.57. The van der Waals surface area contributed by atoms with Crippen LogP contribution in [-0.4, -0.2) is 41.0 Å². The number of nitrogens with one attached hydrogen (secondary N) is 2. The number of urea groups is 1. The number of amides is 3. The lowest BCUT2D eigenvalue weighted by Crippen LogP contribution is -2.38. The van der Waals surface area contributed by atoms with Crippen molar-refractivity contribution in [3.05, 3.63) is 38.8 Å². The van der Waals surface area contributed by atoms with E-state index in [1.165, 1.54) is 11.3 Å². The third kappa shape index (κ3) is 5.27. The van der Waals surface area contributed by atoms with Crippen LogP contribution in [0.4, 0.5) is 9.93 Å². The zero-order valence-corrected chi connectivity index (χ0v) is 17.7. The molecule has 0 saturated heterocycles. The number of ether oxygens (including phenoxy) is 1. The largest absolute Gasteiger partial charge is 0.482 e. The van der Waals surface area contributed by atoms with E-state index >= 15 is 0 Å². The van der Waals surface area contributed by atoms with Crippen LogP contribution in [0, 0.1) is 0 Å². The minimum absolute atomic E-state index is 0.0387. The Kier molecular flexibility index (Phi) is 6.64. The van der Waals surface area contributed by atoms with Crippen molar-refractivity contribution in [2.45, 2.75) is 32.9 Å². The summed E-state index contributed by atoms with van der Waals surface area (Å²) in [4.78, 5) is 31.4. The van der Waals surface area contributed by atoms with Crippen molar-refractivity contribution >= 4 is 51.6 Å². The van der Waals surface area contributed by atoms with Crippen molar-refractivity contribution < 1.29 is 14.3 Å². The Balaban J connectivity index is 1.57. The van der Waals surface area contributed by atoms with E-state index in [4.69, 9.17) is 27.9 Å². The van der Waals surface area contributed by atoms with E-state index in [1.807, 2.05) is 13.8 Å². The summed E-state index contributed by atoms with van der Waals surface area (Å²) in [5, 5.41) is 6.88. The summed E-state index contributed by atoms with van der Waals surface area (Å²) < 4.78 is 5.53. The van der Waals surface area contributed by atoms with Gasteiger partial charge in [0.2, 0.25) is 0 Å². The number of halogens is 2. The molecular weight excluding hydrogens is 423 g/mol. The first-order valence-electron chi connectivity index (χ1n) is 8.73. The Hall–Kier alpha value is -2.03. The number of anilines is 1. The number of fused-ring (bicyclic) bond motifs is 1. The maximum Gasteiger partial charge on any atom is 0.321 e. The van der Waals surface area contributed by atoms with E-state index in [2.05, 4.69) is 15.6 Å². The van der Waals surface area contributed by atoms with Crippen molar-refractivity contribution in [3.63, 3.8) is 0 Å². The maximum absolute atomic E-state index is 12.5. The van der Waals surface area contributed by atoms with Gasteiger partial charge in [-0.15, -0.1) is 0 Å². The normalized spacial score (nSPS) is 13.2. The third-order valence-corrected chi connectivity index (χ3v) is 5.50. The Morgan fingerprint density at radius 2 is 2.14 bits per heavy atom. The lowest BCUT2D eigenvalue weighted by molar-refractivity contribution is -0.134. The molecule has 1 aromatic carbocycles. The molecule has 0 aliphatic carbocycles. The third-order valence-electron chi connectivity index (χ3n) is 3.97. The molecule has 0 spiro atoms. The Morgan fingerprint density at radius 3 is 2.86 bits per heavy atom. The maximum atomic E-state index is 12.5. The number of nitrogens with zero attached hydrogens (tertiary/aromatic N) is 2. The van der Waals surface area contributed by atoms with Crippen LogP contribution in [-0.2, 0) is 17.8 Å².